The minimum atomic E-state index is -0.979. The van der Waals surface area contributed by atoms with E-state index < -0.39 is 23.1 Å². The average molecular weight is 274 g/mol. The molecule has 0 aliphatic carbocycles. The zero-order chi connectivity index (χ0) is 13.3. The van der Waals surface area contributed by atoms with Crippen LogP contribution in [0.2, 0.25) is 5.02 Å². The van der Waals surface area contributed by atoms with E-state index in [-0.39, 0.29) is 16.5 Å². The molecule has 0 radical (unpaired) electrons. The van der Waals surface area contributed by atoms with Gasteiger partial charge in [-0.25, -0.2) is 13.2 Å². The molecule has 0 bridgehead atoms. The van der Waals surface area contributed by atoms with Gasteiger partial charge in [-0.2, -0.15) is 0 Å². The van der Waals surface area contributed by atoms with Crippen molar-refractivity contribution in [1.29, 1.82) is 0 Å². The fraction of sp³-hybridized carbons (Fsp3) is 0. The highest BCUT2D eigenvalue weighted by Crippen LogP contribution is 2.33. The molecule has 18 heavy (non-hydrogen) atoms. The second-order valence-corrected chi connectivity index (χ2v) is 3.86. The van der Waals surface area contributed by atoms with Crippen LogP contribution in [-0.4, -0.2) is 0 Å². The van der Waals surface area contributed by atoms with Crippen molar-refractivity contribution in [1.82, 2.24) is 0 Å². The van der Waals surface area contributed by atoms with Crippen molar-refractivity contribution >= 4 is 17.3 Å². The molecule has 2 aromatic rings. The molecular formula is C12H7ClF3NO. The summed E-state index contributed by atoms with van der Waals surface area (Å²) in [7, 11) is 0. The summed E-state index contributed by atoms with van der Waals surface area (Å²) < 4.78 is 44.7. The molecule has 0 atom stereocenters. The fourth-order valence-electron chi connectivity index (χ4n) is 1.33. The van der Waals surface area contributed by atoms with E-state index in [1.807, 2.05) is 0 Å². The molecule has 0 heterocycles. The molecule has 0 unspecified atom stereocenters. The van der Waals surface area contributed by atoms with E-state index in [1.54, 1.807) is 0 Å². The van der Waals surface area contributed by atoms with Crippen molar-refractivity contribution in [2.24, 2.45) is 0 Å². The van der Waals surface area contributed by atoms with Gasteiger partial charge >= 0.3 is 0 Å². The average Bonchev–Trinajstić information content (AvgIpc) is 2.31. The number of ether oxygens (including phenoxy) is 1. The lowest BCUT2D eigenvalue weighted by atomic mass is 10.2. The molecule has 2 nitrogen and oxygen atoms in total. The Bertz CT molecular complexity index is 604. The molecule has 0 spiro atoms. The maximum atomic E-state index is 13.5. The van der Waals surface area contributed by atoms with Gasteiger partial charge in [-0.1, -0.05) is 17.7 Å². The molecule has 2 rings (SSSR count). The molecule has 0 saturated heterocycles. The number of hydrogen-bond acceptors (Lipinski definition) is 2. The van der Waals surface area contributed by atoms with Crippen LogP contribution in [-0.2, 0) is 0 Å². The number of nitrogen functional groups attached to an aromatic ring is 1. The van der Waals surface area contributed by atoms with Crippen LogP contribution in [0.1, 0.15) is 0 Å². The van der Waals surface area contributed by atoms with E-state index >= 15 is 0 Å². The Kier molecular flexibility index (Phi) is 3.34. The van der Waals surface area contributed by atoms with Crippen LogP contribution in [0.5, 0.6) is 11.5 Å². The summed E-state index contributed by atoms with van der Waals surface area (Å²) in [6, 6.07) is 5.49. The van der Waals surface area contributed by atoms with Gasteiger partial charge in [0.15, 0.2) is 23.1 Å². The summed E-state index contributed by atoms with van der Waals surface area (Å²) in [5.74, 6) is -3.26. The van der Waals surface area contributed by atoms with Crippen LogP contribution in [0.3, 0.4) is 0 Å². The Morgan fingerprint density at radius 2 is 1.78 bits per heavy atom. The van der Waals surface area contributed by atoms with Gasteiger partial charge in [0.05, 0.1) is 5.02 Å². The lowest BCUT2D eigenvalue weighted by molar-refractivity contribution is 0.437. The van der Waals surface area contributed by atoms with E-state index in [1.165, 1.54) is 18.2 Å². The molecule has 0 aliphatic heterocycles. The molecule has 2 N–H and O–H groups in total. The van der Waals surface area contributed by atoms with Gasteiger partial charge in [0.2, 0.25) is 0 Å². The summed E-state index contributed by atoms with van der Waals surface area (Å²) >= 11 is 5.55. The minimum Gasteiger partial charge on any atom is -0.452 e. The number of rotatable bonds is 2. The lowest BCUT2D eigenvalue weighted by Crippen LogP contribution is -1.98. The number of halogens is 4. The third kappa shape index (κ3) is 2.36. The predicted octanol–water partition coefficient (Wildman–Crippen LogP) is 4.13. The fourth-order valence-corrected chi connectivity index (χ4v) is 1.49. The maximum Gasteiger partial charge on any atom is 0.184 e. The third-order valence-corrected chi connectivity index (χ3v) is 2.48. The van der Waals surface area contributed by atoms with Gasteiger partial charge in [-0.05, 0) is 12.1 Å². The smallest absolute Gasteiger partial charge is 0.184 e. The second-order valence-electron chi connectivity index (χ2n) is 3.45. The normalized spacial score (nSPS) is 10.4. The van der Waals surface area contributed by atoms with Gasteiger partial charge in [0.25, 0.3) is 0 Å². The number of anilines is 1. The van der Waals surface area contributed by atoms with Gasteiger partial charge < -0.3 is 10.5 Å². The SMILES string of the molecule is Nc1c(F)cc(F)cc1Oc1cccc(Cl)c1F. The first kappa shape index (κ1) is 12.6. The number of nitrogens with two attached hydrogens (primary N) is 1. The highest BCUT2D eigenvalue weighted by Gasteiger charge is 2.13. The van der Waals surface area contributed by atoms with Gasteiger partial charge in [0.1, 0.15) is 11.5 Å². The standard InChI is InChI=1S/C12H7ClF3NO/c13-7-2-1-3-9(11(7)16)18-10-5-6(14)4-8(15)12(10)17/h1-5H,17H2. The molecule has 2 aromatic carbocycles. The summed E-state index contributed by atoms with van der Waals surface area (Å²) in [6.07, 6.45) is 0. The van der Waals surface area contributed by atoms with Crippen molar-refractivity contribution in [2.75, 3.05) is 5.73 Å². The highest BCUT2D eigenvalue weighted by atomic mass is 35.5. The van der Waals surface area contributed by atoms with Crippen LogP contribution >= 0.6 is 11.6 Å². The summed E-state index contributed by atoms with van der Waals surface area (Å²) in [5, 5.41) is -0.164. The molecule has 0 aliphatic rings. The Labute approximate surface area is 106 Å². The van der Waals surface area contributed by atoms with Crippen molar-refractivity contribution < 1.29 is 17.9 Å². The molecule has 0 fully saturated rings. The van der Waals surface area contributed by atoms with E-state index in [9.17, 15) is 13.2 Å². The van der Waals surface area contributed by atoms with Crippen molar-refractivity contribution in [2.45, 2.75) is 0 Å². The molecule has 0 amide bonds. The first-order chi connectivity index (χ1) is 8.49. The first-order valence-electron chi connectivity index (χ1n) is 4.85. The van der Waals surface area contributed by atoms with Crippen LogP contribution < -0.4 is 10.5 Å². The summed E-state index contributed by atoms with van der Waals surface area (Å²) in [4.78, 5) is 0. The topological polar surface area (TPSA) is 35.2 Å². The van der Waals surface area contributed by atoms with Crippen molar-refractivity contribution in [3.05, 3.63) is 52.8 Å². The highest BCUT2D eigenvalue weighted by molar-refractivity contribution is 6.30. The molecule has 94 valence electrons. The van der Waals surface area contributed by atoms with Gasteiger partial charge in [-0.3, -0.25) is 0 Å². The van der Waals surface area contributed by atoms with Crippen LogP contribution in [0, 0.1) is 17.5 Å². The Morgan fingerprint density at radius 3 is 2.50 bits per heavy atom. The molecule has 0 saturated carbocycles. The zero-order valence-electron chi connectivity index (χ0n) is 8.88. The predicted molar refractivity (Wildman–Crippen MR) is 62.3 cm³/mol. The Morgan fingerprint density at radius 1 is 1.06 bits per heavy atom. The third-order valence-electron chi connectivity index (χ3n) is 2.19. The lowest BCUT2D eigenvalue weighted by Gasteiger charge is -2.10. The van der Waals surface area contributed by atoms with Crippen LogP contribution in [0.15, 0.2) is 30.3 Å². The van der Waals surface area contributed by atoms with E-state index in [4.69, 9.17) is 22.1 Å². The summed E-state index contributed by atoms with van der Waals surface area (Å²) in [6.45, 7) is 0. The largest absolute Gasteiger partial charge is 0.452 e. The number of hydrogen-bond donors (Lipinski definition) is 1. The summed E-state index contributed by atoms with van der Waals surface area (Å²) in [5.41, 5.74) is 4.96. The van der Waals surface area contributed by atoms with Crippen LogP contribution in [0.4, 0.5) is 18.9 Å². The van der Waals surface area contributed by atoms with Crippen LogP contribution in [0.25, 0.3) is 0 Å². The zero-order valence-corrected chi connectivity index (χ0v) is 9.64. The van der Waals surface area contributed by atoms with E-state index in [0.29, 0.717) is 6.07 Å². The monoisotopic (exact) mass is 273 g/mol. The quantitative estimate of drug-likeness (QED) is 0.835. The van der Waals surface area contributed by atoms with E-state index in [2.05, 4.69) is 0 Å². The number of benzene rings is 2. The minimum absolute atomic E-state index is 0.164. The molecule has 6 heteroatoms. The van der Waals surface area contributed by atoms with E-state index in [0.717, 1.165) is 6.07 Å². The second kappa shape index (κ2) is 4.78. The molecular weight excluding hydrogens is 267 g/mol. The van der Waals surface area contributed by atoms with Gasteiger partial charge in [0, 0.05) is 12.1 Å². The Balaban J connectivity index is 2.43. The first-order valence-corrected chi connectivity index (χ1v) is 5.23. The van der Waals surface area contributed by atoms with Crippen molar-refractivity contribution in [3.63, 3.8) is 0 Å². The van der Waals surface area contributed by atoms with Gasteiger partial charge in [-0.15, -0.1) is 0 Å². The van der Waals surface area contributed by atoms with Crippen molar-refractivity contribution in [3.8, 4) is 11.5 Å². The Hall–Kier alpha value is -1.88. The molecule has 0 aromatic heterocycles. The maximum absolute atomic E-state index is 13.5.